The molecular formula is C21H24N4O4S. The first-order valence-corrected chi connectivity index (χ1v) is 10.8. The zero-order valence-corrected chi connectivity index (χ0v) is 17.9. The summed E-state index contributed by atoms with van der Waals surface area (Å²) in [7, 11) is -3.79. The molecule has 1 aromatic carbocycles. The number of benzene rings is 1. The van der Waals surface area contributed by atoms with Crippen molar-refractivity contribution in [1.82, 2.24) is 10.3 Å². The Kier molecular flexibility index (Phi) is 6.95. The zero-order chi connectivity index (χ0) is 22.5. The molecule has 1 heterocycles. The molecular weight excluding hydrogens is 404 g/mol. The number of primary amides is 1. The molecule has 2 amide bonds. The van der Waals surface area contributed by atoms with Gasteiger partial charge in [-0.15, -0.1) is 0 Å². The molecule has 3 N–H and O–H groups in total. The third-order valence-electron chi connectivity index (χ3n) is 4.49. The number of sulfone groups is 1. The topological polar surface area (TPSA) is 143 Å². The van der Waals surface area contributed by atoms with Crippen LogP contribution in [-0.4, -0.2) is 37.0 Å². The monoisotopic (exact) mass is 428 g/mol. The predicted molar refractivity (Wildman–Crippen MR) is 112 cm³/mol. The van der Waals surface area contributed by atoms with Crippen LogP contribution in [0, 0.1) is 23.7 Å². The second kappa shape index (κ2) is 9.05. The van der Waals surface area contributed by atoms with Crippen LogP contribution in [0.2, 0.25) is 0 Å². The first-order chi connectivity index (χ1) is 13.9. The van der Waals surface area contributed by atoms with E-state index < -0.39 is 38.9 Å². The quantitative estimate of drug-likeness (QED) is 0.655. The SMILES string of the molecule is Cc1ccc(-c2ccc(S(=O)(=O)CC(C)(C)C(=O)N[C@H](C#N)CC(N)=O)cc2)cn1. The molecule has 0 bridgehead atoms. The molecule has 8 nitrogen and oxygen atoms in total. The second-order valence-corrected chi connectivity index (χ2v) is 9.67. The van der Waals surface area contributed by atoms with Crippen LogP contribution in [0.3, 0.4) is 0 Å². The van der Waals surface area contributed by atoms with Crippen molar-refractivity contribution in [3.63, 3.8) is 0 Å². The van der Waals surface area contributed by atoms with Gasteiger partial charge in [0.15, 0.2) is 9.84 Å². The van der Waals surface area contributed by atoms with Gasteiger partial charge in [0.1, 0.15) is 6.04 Å². The number of rotatable bonds is 8. The summed E-state index contributed by atoms with van der Waals surface area (Å²) in [5.41, 5.74) is 6.29. The van der Waals surface area contributed by atoms with Crippen molar-refractivity contribution in [2.24, 2.45) is 11.1 Å². The highest BCUT2D eigenvalue weighted by molar-refractivity contribution is 7.91. The minimum Gasteiger partial charge on any atom is -0.370 e. The van der Waals surface area contributed by atoms with Gasteiger partial charge in [-0.2, -0.15) is 5.26 Å². The fourth-order valence-electron chi connectivity index (χ4n) is 2.80. The van der Waals surface area contributed by atoms with Gasteiger partial charge in [-0.1, -0.05) is 32.0 Å². The molecule has 30 heavy (non-hydrogen) atoms. The molecule has 1 aromatic heterocycles. The van der Waals surface area contributed by atoms with Gasteiger partial charge >= 0.3 is 0 Å². The smallest absolute Gasteiger partial charge is 0.227 e. The van der Waals surface area contributed by atoms with Crippen molar-refractivity contribution in [1.29, 1.82) is 5.26 Å². The fourth-order valence-corrected chi connectivity index (χ4v) is 4.60. The van der Waals surface area contributed by atoms with Crippen molar-refractivity contribution < 1.29 is 18.0 Å². The number of nitrogens with zero attached hydrogens (tertiary/aromatic N) is 2. The predicted octanol–water partition coefficient (Wildman–Crippen LogP) is 1.74. The molecule has 2 rings (SSSR count). The summed E-state index contributed by atoms with van der Waals surface area (Å²) in [6.45, 7) is 4.81. The van der Waals surface area contributed by atoms with E-state index in [4.69, 9.17) is 11.0 Å². The minimum absolute atomic E-state index is 0.0844. The molecule has 2 aromatic rings. The van der Waals surface area contributed by atoms with E-state index in [9.17, 15) is 18.0 Å². The minimum atomic E-state index is -3.79. The molecule has 0 aliphatic rings. The summed E-state index contributed by atoms with van der Waals surface area (Å²) in [5.74, 6) is -1.86. The average molecular weight is 429 g/mol. The lowest BCUT2D eigenvalue weighted by atomic mass is 9.94. The summed E-state index contributed by atoms with van der Waals surface area (Å²) in [5, 5.41) is 11.4. The van der Waals surface area contributed by atoms with Crippen LogP contribution >= 0.6 is 0 Å². The molecule has 0 saturated heterocycles. The van der Waals surface area contributed by atoms with E-state index in [1.807, 2.05) is 19.1 Å². The van der Waals surface area contributed by atoms with E-state index in [0.29, 0.717) is 0 Å². The standard InChI is InChI=1S/C21H24N4O4S/c1-14-4-5-16(12-24-14)15-6-8-18(9-7-15)30(28,29)13-21(2,3)20(27)25-17(11-22)10-19(23)26/h4-9,12,17H,10,13H2,1-3H3,(H2,23,26)(H,25,27)/t17-/m0/s1. The van der Waals surface area contributed by atoms with E-state index in [0.717, 1.165) is 16.8 Å². The Bertz CT molecular complexity index is 1070. The molecule has 0 aliphatic heterocycles. The molecule has 0 spiro atoms. The normalized spacial score (nSPS) is 12.6. The number of carbonyl (C=O) groups is 2. The van der Waals surface area contributed by atoms with Crippen LogP contribution in [0.4, 0.5) is 0 Å². The maximum atomic E-state index is 12.8. The van der Waals surface area contributed by atoms with E-state index in [-0.39, 0.29) is 11.3 Å². The highest BCUT2D eigenvalue weighted by Gasteiger charge is 2.35. The van der Waals surface area contributed by atoms with Crippen LogP contribution in [0.15, 0.2) is 47.5 Å². The lowest BCUT2D eigenvalue weighted by Gasteiger charge is -2.24. The molecule has 0 aliphatic carbocycles. The Morgan fingerprint density at radius 1 is 1.17 bits per heavy atom. The number of aryl methyl sites for hydroxylation is 1. The van der Waals surface area contributed by atoms with Crippen LogP contribution in [0.1, 0.15) is 26.0 Å². The molecule has 158 valence electrons. The lowest BCUT2D eigenvalue weighted by Crippen LogP contribution is -2.46. The highest BCUT2D eigenvalue weighted by Crippen LogP contribution is 2.26. The fraction of sp³-hybridized carbons (Fsp3) is 0.333. The summed E-state index contributed by atoms with van der Waals surface area (Å²) in [6, 6.07) is 10.8. The van der Waals surface area contributed by atoms with Crippen LogP contribution in [-0.2, 0) is 19.4 Å². The molecule has 9 heteroatoms. The highest BCUT2D eigenvalue weighted by atomic mass is 32.2. The van der Waals surface area contributed by atoms with E-state index >= 15 is 0 Å². The Morgan fingerprint density at radius 3 is 2.27 bits per heavy atom. The number of carbonyl (C=O) groups excluding carboxylic acids is 2. The molecule has 0 fully saturated rings. The number of amides is 2. The maximum Gasteiger partial charge on any atom is 0.227 e. The Hall–Kier alpha value is -3.25. The largest absolute Gasteiger partial charge is 0.370 e. The van der Waals surface area contributed by atoms with E-state index in [2.05, 4.69) is 10.3 Å². The van der Waals surface area contributed by atoms with Gasteiger partial charge in [-0.05, 0) is 30.7 Å². The van der Waals surface area contributed by atoms with Crippen molar-refractivity contribution >= 4 is 21.7 Å². The van der Waals surface area contributed by atoms with Crippen molar-refractivity contribution in [2.75, 3.05) is 5.75 Å². The van der Waals surface area contributed by atoms with Crippen LogP contribution < -0.4 is 11.1 Å². The first-order valence-electron chi connectivity index (χ1n) is 9.19. The van der Waals surface area contributed by atoms with Gasteiger partial charge in [-0.3, -0.25) is 14.6 Å². The molecule has 0 saturated carbocycles. The summed E-state index contributed by atoms with van der Waals surface area (Å²) >= 11 is 0. The van der Waals surface area contributed by atoms with Gasteiger partial charge in [0.25, 0.3) is 0 Å². The summed E-state index contributed by atoms with van der Waals surface area (Å²) in [4.78, 5) is 27.8. The van der Waals surface area contributed by atoms with Crippen molar-refractivity contribution in [3.05, 3.63) is 48.3 Å². The lowest BCUT2D eigenvalue weighted by molar-refractivity contribution is -0.129. The number of nitrogens with one attached hydrogen (secondary N) is 1. The second-order valence-electron chi connectivity index (χ2n) is 7.68. The number of pyridine rings is 1. The third-order valence-corrected chi connectivity index (χ3v) is 6.58. The zero-order valence-electron chi connectivity index (χ0n) is 17.0. The average Bonchev–Trinajstić information content (AvgIpc) is 2.67. The van der Waals surface area contributed by atoms with Gasteiger partial charge in [0, 0.05) is 17.5 Å². The Balaban J connectivity index is 2.16. The Labute approximate surface area is 176 Å². The number of nitriles is 1. The van der Waals surface area contributed by atoms with Crippen molar-refractivity contribution in [3.8, 4) is 17.2 Å². The first kappa shape index (κ1) is 23.0. The van der Waals surface area contributed by atoms with Gasteiger partial charge in [0.2, 0.25) is 11.8 Å². The van der Waals surface area contributed by atoms with Crippen LogP contribution in [0.25, 0.3) is 11.1 Å². The summed E-state index contributed by atoms with van der Waals surface area (Å²) < 4.78 is 25.7. The van der Waals surface area contributed by atoms with Gasteiger partial charge in [0.05, 0.1) is 28.6 Å². The summed E-state index contributed by atoms with van der Waals surface area (Å²) in [6.07, 6.45) is 1.37. The molecule has 0 unspecified atom stereocenters. The number of nitrogens with two attached hydrogens (primary N) is 1. The number of hydrogen-bond acceptors (Lipinski definition) is 6. The molecule has 0 radical (unpaired) electrons. The third kappa shape index (κ3) is 5.87. The number of aromatic nitrogens is 1. The molecule has 1 atom stereocenters. The van der Waals surface area contributed by atoms with Crippen LogP contribution in [0.5, 0.6) is 0 Å². The number of hydrogen-bond donors (Lipinski definition) is 2. The Morgan fingerprint density at radius 2 is 1.77 bits per heavy atom. The van der Waals surface area contributed by atoms with Gasteiger partial charge in [-0.25, -0.2) is 8.42 Å². The van der Waals surface area contributed by atoms with Crippen molar-refractivity contribution in [2.45, 2.75) is 38.1 Å². The van der Waals surface area contributed by atoms with E-state index in [1.54, 1.807) is 24.4 Å². The maximum absolute atomic E-state index is 12.8. The van der Waals surface area contributed by atoms with Gasteiger partial charge < -0.3 is 11.1 Å². The van der Waals surface area contributed by atoms with E-state index in [1.165, 1.54) is 26.0 Å².